The first-order chi connectivity index (χ1) is 11.2. The van der Waals surface area contributed by atoms with Crippen molar-refractivity contribution >= 4 is 0 Å². The lowest BCUT2D eigenvalue weighted by Crippen LogP contribution is -2.22. The molecule has 1 fully saturated rings. The van der Waals surface area contributed by atoms with Gasteiger partial charge in [-0.2, -0.15) is 5.10 Å². The highest BCUT2D eigenvalue weighted by molar-refractivity contribution is 5.22. The maximum Gasteiger partial charge on any atom is 0.188 e. The molecule has 124 valence electrons. The Bertz CT molecular complexity index is 624. The first kappa shape index (κ1) is 15.9. The topological polar surface area (TPSA) is 63.4 Å². The third-order valence-electron chi connectivity index (χ3n) is 3.85. The van der Waals surface area contributed by atoms with E-state index in [1.54, 1.807) is 16.8 Å². The number of aliphatic hydroxyl groups excluding tert-OH is 1. The fourth-order valence-corrected chi connectivity index (χ4v) is 2.70. The van der Waals surface area contributed by atoms with Crippen LogP contribution >= 0.6 is 0 Å². The number of likely N-dealkylation sites (tertiary alicyclic amines) is 1. The number of nitrogens with zero attached hydrogens (tertiary/aromatic N) is 4. The molecule has 6 nitrogen and oxygen atoms in total. The highest BCUT2D eigenvalue weighted by atomic mass is 19.1. The zero-order chi connectivity index (χ0) is 16.1. The van der Waals surface area contributed by atoms with Gasteiger partial charge in [-0.25, -0.2) is 14.1 Å². The summed E-state index contributed by atoms with van der Waals surface area (Å²) in [7, 11) is 0. The molecular formula is C16H21FN4O2. The van der Waals surface area contributed by atoms with Crippen LogP contribution in [0.1, 0.15) is 24.5 Å². The van der Waals surface area contributed by atoms with Gasteiger partial charge < -0.3 is 9.84 Å². The fraction of sp³-hybridized carbons (Fsp3) is 0.500. The normalized spacial score (nSPS) is 15.2. The predicted octanol–water partition coefficient (Wildman–Crippen LogP) is 1.58. The summed E-state index contributed by atoms with van der Waals surface area (Å²) in [5.74, 6) is 1.69. The van der Waals surface area contributed by atoms with Crippen LogP contribution in [0.5, 0.6) is 5.75 Å². The lowest BCUT2D eigenvalue weighted by atomic mass is 10.3. The van der Waals surface area contributed by atoms with E-state index in [-0.39, 0.29) is 19.0 Å². The second kappa shape index (κ2) is 7.52. The number of hydrogen-bond acceptors (Lipinski definition) is 5. The van der Waals surface area contributed by atoms with Crippen LogP contribution in [-0.2, 0) is 19.7 Å². The van der Waals surface area contributed by atoms with Gasteiger partial charge in [0.05, 0.1) is 19.7 Å². The fourth-order valence-electron chi connectivity index (χ4n) is 2.70. The molecular weight excluding hydrogens is 299 g/mol. The van der Waals surface area contributed by atoms with Crippen molar-refractivity contribution < 1.29 is 14.2 Å². The van der Waals surface area contributed by atoms with Crippen LogP contribution in [0.2, 0.25) is 0 Å². The molecule has 7 heteroatoms. The minimum atomic E-state index is -0.296. The minimum absolute atomic E-state index is 0.0224. The molecule has 1 saturated heterocycles. The molecule has 1 aromatic carbocycles. The Hall–Kier alpha value is -1.99. The van der Waals surface area contributed by atoms with Crippen molar-refractivity contribution in [1.82, 2.24) is 19.7 Å². The van der Waals surface area contributed by atoms with E-state index in [2.05, 4.69) is 15.0 Å². The van der Waals surface area contributed by atoms with Crippen LogP contribution in [0.4, 0.5) is 4.39 Å². The van der Waals surface area contributed by atoms with Gasteiger partial charge in [-0.3, -0.25) is 4.90 Å². The standard InChI is InChI=1S/C16H21FN4O2/c17-13-3-5-14(6-4-13)23-12-15-18-16(21(19-15)9-10-22)11-20-7-1-2-8-20/h3-6,22H,1-2,7-12H2. The highest BCUT2D eigenvalue weighted by Gasteiger charge is 2.17. The lowest BCUT2D eigenvalue weighted by molar-refractivity contribution is 0.256. The molecule has 0 unspecified atom stereocenters. The summed E-state index contributed by atoms with van der Waals surface area (Å²) in [6.07, 6.45) is 2.43. The maximum atomic E-state index is 12.9. The molecule has 2 aromatic rings. The van der Waals surface area contributed by atoms with E-state index in [0.717, 1.165) is 25.5 Å². The van der Waals surface area contributed by atoms with E-state index >= 15 is 0 Å². The van der Waals surface area contributed by atoms with E-state index in [4.69, 9.17) is 4.74 Å². The molecule has 1 aliphatic rings. The molecule has 1 N–H and O–H groups in total. The Morgan fingerprint density at radius 1 is 1.17 bits per heavy atom. The Balaban J connectivity index is 1.65. The number of benzene rings is 1. The smallest absolute Gasteiger partial charge is 0.188 e. The van der Waals surface area contributed by atoms with Crippen molar-refractivity contribution in [1.29, 1.82) is 0 Å². The van der Waals surface area contributed by atoms with E-state index < -0.39 is 0 Å². The van der Waals surface area contributed by atoms with Crippen LogP contribution in [0.25, 0.3) is 0 Å². The second-order valence-corrected chi connectivity index (χ2v) is 5.62. The lowest BCUT2D eigenvalue weighted by Gasteiger charge is -2.13. The van der Waals surface area contributed by atoms with Gasteiger partial charge in [0.15, 0.2) is 5.82 Å². The van der Waals surface area contributed by atoms with Crippen LogP contribution < -0.4 is 4.74 Å². The minimum Gasteiger partial charge on any atom is -0.486 e. The van der Waals surface area contributed by atoms with Gasteiger partial charge in [0.25, 0.3) is 0 Å². The molecule has 0 spiro atoms. The second-order valence-electron chi connectivity index (χ2n) is 5.62. The van der Waals surface area contributed by atoms with E-state index in [0.29, 0.717) is 18.1 Å². The Morgan fingerprint density at radius 2 is 1.91 bits per heavy atom. The van der Waals surface area contributed by atoms with Crippen LogP contribution in [0.3, 0.4) is 0 Å². The molecule has 0 aliphatic carbocycles. The first-order valence-corrected chi connectivity index (χ1v) is 7.89. The summed E-state index contributed by atoms with van der Waals surface area (Å²) < 4.78 is 20.2. The molecule has 0 bridgehead atoms. The SMILES string of the molecule is OCCn1nc(COc2ccc(F)cc2)nc1CN1CCCC1. The number of aromatic nitrogens is 3. The Morgan fingerprint density at radius 3 is 2.61 bits per heavy atom. The number of aliphatic hydroxyl groups is 1. The van der Waals surface area contributed by atoms with Crippen molar-refractivity contribution in [3.05, 3.63) is 41.7 Å². The number of hydrogen-bond donors (Lipinski definition) is 1. The van der Waals surface area contributed by atoms with E-state index in [9.17, 15) is 9.50 Å². The van der Waals surface area contributed by atoms with Gasteiger partial charge in [0, 0.05) is 0 Å². The van der Waals surface area contributed by atoms with Crippen molar-refractivity contribution in [3.63, 3.8) is 0 Å². The molecule has 0 amide bonds. The van der Waals surface area contributed by atoms with E-state index in [1.165, 1.54) is 25.0 Å². The van der Waals surface area contributed by atoms with Gasteiger partial charge in [-0.05, 0) is 50.2 Å². The molecule has 23 heavy (non-hydrogen) atoms. The highest BCUT2D eigenvalue weighted by Crippen LogP contribution is 2.14. The number of ether oxygens (including phenoxy) is 1. The van der Waals surface area contributed by atoms with Crippen LogP contribution in [0, 0.1) is 5.82 Å². The third kappa shape index (κ3) is 4.27. The molecule has 1 aliphatic heterocycles. The van der Waals surface area contributed by atoms with Gasteiger partial charge in [0.1, 0.15) is 24.0 Å². The van der Waals surface area contributed by atoms with Crippen molar-refractivity contribution in [2.45, 2.75) is 32.5 Å². The van der Waals surface area contributed by atoms with E-state index in [1.807, 2.05) is 0 Å². The largest absolute Gasteiger partial charge is 0.486 e. The van der Waals surface area contributed by atoms with Gasteiger partial charge >= 0.3 is 0 Å². The Labute approximate surface area is 134 Å². The molecule has 2 heterocycles. The molecule has 0 atom stereocenters. The van der Waals surface area contributed by atoms with Gasteiger partial charge in [0.2, 0.25) is 0 Å². The summed E-state index contributed by atoms with van der Waals surface area (Å²) in [6, 6.07) is 5.86. The molecule has 3 rings (SSSR count). The average Bonchev–Trinajstić information content (AvgIpc) is 3.18. The first-order valence-electron chi connectivity index (χ1n) is 7.89. The summed E-state index contributed by atoms with van der Waals surface area (Å²) in [6.45, 7) is 3.56. The summed E-state index contributed by atoms with van der Waals surface area (Å²) in [5.41, 5.74) is 0. The monoisotopic (exact) mass is 320 g/mol. The predicted molar refractivity (Wildman–Crippen MR) is 82.4 cm³/mol. The maximum absolute atomic E-state index is 12.9. The molecule has 0 saturated carbocycles. The van der Waals surface area contributed by atoms with Gasteiger partial charge in [-0.15, -0.1) is 0 Å². The quantitative estimate of drug-likeness (QED) is 0.839. The zero-order valence-corrected chi connectivity index (χ0v) is 13.0. The summed E-state index contributed by atoms with van der Waals surface area (Å²) in [5, 5.41) is 13.6. The summed E-state index contributed by atoms with van der Waals surface area (Å²) in [4.78, 5) is 6.86. The summed E-state index contributed by atoms with van der Waals surface area (Å²) >= 11 is 0. The van der Waals surface area contributed by atoms with Crippen molar-refractivity contribution in [2.75, 3.05) is 19.7 Å². The average molecular weight is 320 g/mol. The number of halogens is 1. The van der Waals surface area contributed by atoms with Gasteiger partial charge in [-0.1, -0.05) is 0 Å². The third-order valence-corrected chi connectivity index (χ3v) is 3.85. The van der Waals surface area contributed by atoms with Crippen molar-refractivity contribution in [3.8, 4) is 5.75 Å². The number of rotatable bonds is 7. The molecule has 0 radical (unpaired) electrons. The zero-order valence-electron chi connectivity index (χ0n) is 13.0. The van der Waals surface area contributed by atoms with Crippen molar-refractivity contribution in [2.24, 2.45) is 0 Å². The van der Waals surface area contributed by atoms with Crippen LogP contribution in [0.15, 0.2) is 24.3 Å². The van der Waals surface area contributed by atoms with Crippen LogP contribution in [-0.4, -0.2) is 44.5 Å². The Kier molecular flexibility index (Phi) is 5.19. The molecule has 1 aromatic heterocycles.